The van der Waals surface area contributed by atoms with Gasteiger partial charge in [0.2, 0.25) is 0 Å². The van der Waals surface area contributed by atoms with Crippen LogP contribution in [0.25, 0.3) is 0 Å². The van der Waals surface area contributed by atoms with Crippen LogP contribution in [0.5, 0.6) is 0 Å². The largest absolute Gasteiger partial charge is 0.461 e. The van der Waals surface area contributed by atoms with Crippen molar-refractivity contribution in [1.82, 2.24) is 10.1 Å². The van der Waals surface area contributed by atoms with Crippen LogP contribution in [-0.4, -0.2) is 22.7 Å². The Balaban J connectivity index is 2.24. The van der Waals surface area contributed by atoms with Gasteiger partial charge in [-0.3, -0.25) is 0 Å². The molecule has 0 amide bonds. The van der Waals surface area contributed by atoms with Crippen LogP contribution >= 0.6 is 15.9 Å². The Kier molecular flexibility index (Phi) is 4.67. The van der Waals surface area contributed by atoms with Gasteiger partial charge in [0.15, 0.2) is 11.5 Å². The molecule has 0 aromatic carbocycles. The molecular formula is C12H11BrFN3O3. The van der Waals surface area contributed by atoms with Gasteiger partial charge >= 0.3 is 5.97 Å². The summed E-state index contributed by atoms with van der Waals surface area (Å²) in [4.78, 5) is 15.6. The van der Waals surface area contributed by atoms with E-state index in [2.05, 4.69) is 35.9 Å². The third-order valence-electron chi connectivity index (χ3n) is 2.35. The third kappa shape index (κ3) is 3.32. The number of esters is 1. The van der Waals surface area contributed by atoms with Gasteiger partial charge in [0.25, 0.3) is 0 Å². The highest BCUT2D eigenvalue weighted by Crippen LogP contribution is 2.22. The highest BCUT2D eigenvalue weighted by Gasteiger charge is 2.18. The molecule has 20 heavy (non-hydrogen) atoms. The molecule has 0 atom stereocenters. The summed E-state index contributed by atoms with van der Waals surface area (Å²) in [6.45, 7) is 2.16. The van der Waals surface area contributed by atoms with E-state index in [-0.39, 0.29) is 29.1 Å². The lowest BCUT2D eigenvalue weighted by molar-refractivity contribution is 0.0520. The van der Waals surface area contributed by atoms with E-state index in [1.165, 1.54) is 12.3 Å². The topological polar surface area (TPSA) is 77.2 Å². The Morgan fingerprint density at radius 2 is 2.40 bits per heavy atom. The number of pyridine rings is 1. The molecule has 0 fully saturated rings. The zero-order chi connectivity index (χ0) is 14.5. The number of rotatable bonds is 5. The van der Waals surface area contributed by atoms with Crippen molar-refractivity contribution in [1.29, 1.82) is 0 Å². The summed E-state index contributed by atoms with van der Waals surface area (Å²) in [5.74, 6) is -1.21. The molecule has 0 aliphatic heterocycles. The monoisotopic (exact) mass is 343 g/mol. The molecule has 0 aliphatic carbocycles. The summed E-state index contributed by atoms with van der Waals surface area (Å²) in [6, 6.07) is 2.82. The SMILES string of the molecule is CCOC(=O)c1nc(Br)c(F)cc1NCc1ccon1. The van der Waals surface area contributed by atoms with Crippen molar-refractivity contribution in [3.8, 4) is 0 Å². The first kappa shape index (κ1) is 14.4. The average molecular weight is 344 g/mol. The van der Waals surface area contributed by atoms with Crippen LogP contribution in [0.1, 0.15) is 23.1 Å². The number of aromatic nitrogens is 2. The molecule has 2 heterocycles. The molecule has 8 heteroatoms. The van der Waals surface area contributed by atoms with E-state index < -0.39 is 11.8 Å². The fourth-order valence-electron chi connectivity index (χ4n) is 1.47. The second kappa shape index (κ2) is 6.47. The standard InChI is InChI=1S/C12H11BrFN3O3/c1-2-19-12(18)10-9(5-8(14)11(13)16-10)15-6-7-3-4-20-17-7/h3-5,15H,2,6H2,1H3. The van der Waals surface area contributed by atoms with Crippen LogP contribution in [0.2, 0.25) is 0 Å². The smallest absolute Gasteiger partial charge is 0.359 e. The lowest BCUT2D eigenvalue weighted by Gasteiger charge is -2.10. The molecule has 2 aromatic heterocycles. The highest BCUT2D eigenvalue weighted by molar-refractivity contribution is 9.10. The number of nitrogens with zero attached hydrogens (tertiary/aromatic N) is 2. The molecule has 2 aromatic rings. The van der Waals surface area contributed by atoms with Crippen molar-refractivity contribution < 1.29 is 18.4 Å². The molecule has 0 aliphatic rings. The summed E-state index contributed by atoms with van der Waals surface area (Å²) in [7, 11) is 0. The zero-order valence-electron chi connectivity index (χ0n) is 10.5. The Morgan fingerprint density at radius 1 is 1.60 bits per heavy atom. The normalized spacial score (nSPS) is 10.3. The second-order valence-corrected chi connectivity index (χ2v) is 4.47. The fourth-order valence-corrected chi connectivity index (χ4v) is 1.76. The third-order valence-corrected chi connectivity index (χ3v) is 2.91. The Bertz CT molecular complexity index is 604. The van der Waals surface area contributed by atoms with Crippen LogP contribution in [0.4, 0.5) is 10.1 Å². The van der Waals surface area contributed by atoms with Gasteiger partial charge in [-0.15, -0.1) is 0 Å². The molecule has 0 spiro atoms. The number of nitrogens with one attached hydrogen (secondary N) is 1. The quantitative estimate of drug-likeness (QED) is 0.664. The molecule has 1 N–H and O–H groups in total. The minimum atomic E-state index is -0.629. The van der Waals surface area contributed by atoms with Gasteiger partial charge in [-0.1, -0.05) is 5.16 Å². The Hall–Kier alpha value is -1.96. The molecule has 0 unspecified atom stereocenters. The molecule has 0 bridgehead atoms. The van der Waals surface area contributed by atoms with Gasteiger partial charge in [0.05, 0.1) is 18.8 Å². The number of carbonyl (C=O) groups is 1. The first-order chi connectivity index (χ1) is 9.61. The molecule has 0 radical (unpaired) electrons. The summed E-state index contributed by atoms with van der Waals surface area (Å²) in [6.07, 6.45) is 1.42. The van der Waals surface area contributed by atoms with Gasteiger partial charge in [0.1, 0.15) is 16.6 Å². The molecule has 2 rings (SSSR count). The van der Waals surface area contributed by atoms with Crippen LogP contribution < -0.4 is 5.32 Å². The van der Waals surface area contributed by atoms with Gasteiger partial charge in [0, 0.05) is 12.1 Å². The van der Waals surface area contributed by atoms with Crippen molar-refractivity contribution in [3.63, 3.8) is 0 Å². The summed E-state index contributed by atoms with van der Waals surface area (Å²) in [5.41, 5.74) is 0.846. The minimum absolute atomic E-state index is 0.00335. The lowest BCUT2D eigenvalue weighted by Crippen LogP contribution is -2.13. The van der Waals surface area contributed by atoms with Crippen molar-refractivity contribution >= 4 is 27.6 Å². The highest BCUT2D eigenvalue weighted by atomic mass is 79.9. The van der Waals surface area contributed by atoms with Crippen LogP contribution in [0.15, 0.2) is 27.5 Å². The zero-order valence-corrected chi connectivity index (χ0v) is 12.1. The maximum absolute atomic E-state index is 13.5. The number of hydrogen-bond acceptors (Lipinski definition) is 6. The molecular weight excluding hydrogens is 333 g/mol. The van der Waals surface area contributed by atoms with E-state index >= 15 is 0 Å². The van der Waals surface area contributed by atoms with E-state index in [0.29, 0.717) is 5.69 Å². The van der Waals surface area contributed by atoms with E-state index in [9.17, 15) is 9.18 Å². The second-order valence-electron chi connectivity index (χ2n) is 3.72. The predicted octanol–water partition coefficient (Wildman–Crippen LogP) is 2.76. The number of anilines is 1. The first-order valence-corrected chi connectivity index (χ1v) is 6.57. The van der Waals surface area contributed by atoms with Gasteiger partial charge in [-0.25, -0.2) is 14.2 Å². The van der Waals surface area contributed by atoms with E-state index in [0.717, 1.165) is 0 Å². The Morgan fingerprint density at radius 3 is 3.05 bits per heavy atom. The molecule has 0 saturated carbocycles. The van der Waals surface area contributed by atoms with Crippen molar-refractivity contribution in [2.75, 3.05) is 11.9 Å². The van der Waals surface area contributed by atoms with Gasteiger partial charge < -0.3 is 14.6 Å². The number of hydrogen-bond donors (Lipinski definition) is 1. The van der Waals surface area contributed by atoms with Gasteiger partial charge in [-0.05, 0) is 22.9 Å². The van der Waals surface area contributed by atoms with E-state index in [4.69, 9.17) is 4.74 Å². The van der Waals surface area contributed by atoms with Crippen LogP contribution in [0.3, 0.4) is 0 Å². The molecule has 106 valence electrons. The summed E-state index contributed by atoms with van der Waals surface area (Å²) < 4.78 is 23.1. The number of ether oxygens (including phenoxy) is 1. The van der Waals surface area contributed by atoms with Crippen molar-refractivity contribution in [2.45, 2.75) is 13.5 Å². The first-order valence-electron chi connectivity index (χ1n) is 5.78. The predicted molar refractivity (Wildman–Crippen MR) is 71.7 cm³/mol. The summed E-state index contributed by atoms with van der Waals surface area (Å²) in [5, 5.41) is 6.58. The number of halogens is 2. The fraction of sp³-hybridized carbons (Fsp3) is 0.250. The molecule has 6 nitrogen and oxygen atoms in total. The molecule has 0 saturated heterocycles. The minimum Gasteiger partial charge on any atom is -0.461 e. The van der Waals surface area contributed by atoms with Crippen LogP contribution in [-0.2, 0) is 11.3 Å². The summed E-state index contributed by atoms with van der Waals surface area (Å²) >= 11 is 2.94. The maximum atomic E-state index is 13.5. The van der Waals surface area contributed by atoms with E-state index in [1.54, 1.807) is 13.0 Å². The van der Waals surface area contributed by atoms with E-state index in [1.807, 2.05) is 0 Å². The Labute approximate surface area is 122 Å². The van der Waals surface area contributed by atoms with Crippen LogP contribution in [0, 0.1) is 5.82 Å². The number of carbonyl (C=O) groups excluding carboxylic acids is 1. The van der Waals surface area contributed by atoms with Gasteiger partial charge in [-0.2, -0.15) is 0 Å². The van der Waals surface area contributed by atoms with Crippen molar-refractivity contribution in [3.05, 3.63) is 40.2 Å². The lowest BCUT2D eigenvalue weighted by atomic mass is 10.2. The van der Waals surface area contributed by atoms with Crippen molar-refractivity contribution in [2.24, 2.45) is 0 Å². The maximum Gasteiger partial charge on any atom is 0.359 e. The average Bonchev–Trinajstić information content (AvgIpc) is 2.93.